The van der Waals surface area contributed by atoms with Crippen LogP contribution in [0.4, 0.5) is 0 Å². The highest BCUT2D eigenvalue weighted by atomic mass is 79.9. The molecule has 0 heterocycles. The summed E-state index contributed by atoms with van der Waals surface area (Å²) >= 11 is 6.91. The lowest BCUT2D eigenvalue weighted by Gasteiger charge is -2.02. The van der Waals surface area contributed by atoms with Crippen molar-refractivity contribution in [1.82, 2.24) is 5.32 Å². The molecule has 3 heteroatoms. The van der Waals surface area contributed by atoms with Crippen molar-refractivity contribution in [3.8, 4) is 0 Å². The second-order valence-corrected chi connectivity index (χ2v) is 4.46. The Labute approximate surface area is 89.8 Å². The van der Waals surface area contributed by atoms with Crippen LogP contribution in [0, 0.1) is 0 Å². The molecular weight excluding hydrogens is 282 g/mol. The third-order valence-corrected chi connectivity index (χ3v) is 2.50. The van der Waals surface area contributed by atoms with E-state index in [1.807, 2.05) is 13.1 Å². The summed E-state index contributed by atoms with van der Waals surface area (Å²) in [5.74, 6) is 0. The fourth-order valence-electron chi connectivity index (χ4n) is 1.02. The van der Waals surface area contributed by atoms with Gasteiger partial charge in [0.05, 0.1) is 0 Å². The molecule has 0 aliphatic rings. The van der Waals surface area contributed by atoms with E-state index < -0.39 is 0 Å². The Kier molecular flexibility index (Phi) is 4.26. The van der Waals surface area contributed by atoms with Gasteiger partial charge in [-0.2, -0.15) is 0 Å². The Hall–Kier alpha value is 0.140. The Bertz CT molecular complexity index is 240. The zero-order valence-electron chi connectivity index (χ0n) is 6.90. The Morgan fingerprint density at radius 2 is 1.75 bits per heavy atom. The summed E-state index contributed by atoms with van der Waals surface area (Å²) < 4.78 is 2.26. The van der Waals surface area contributed by atoms with Crippen molar-refractivity contribution >= 4 is 31.9 Å². The Morgan fingerprint density at radius 3 is 2.25 bits per heavy atom. The lowest BCUT2D eigenvalue weighted by Crippen LogP contribution is -2.10. The van der Waals surface area contributed by atoms with E-state index in [-0.39, 0.29) is 0 Å². The minimum atomic E-state index is 1.02. The van der Waals surface area contributed by atoms with Crippen molar-refractivity contribution in [2.75, 3.05) is 13.6 Å². The van der Waals surface area contributed by atoms with Gasteiger partial charge in [-0.3, -0.25) is 0 Å². The van der Waals surface area contributed by atoms with Crippen LogP contribution in [-0.2, 0) is 6.42 Å². The maximum absolute atomic E-state index is 3.45. The molecule has 0 aliphatic heterocycles. The van der Waals surface area contributed by atoms with Crippen LogP contribution in [0.2, 0.25) is 0 Å². The maximum Gasteiger partial charge on any atom is 0.0189 e. The van der Waals surface area contributed by atoms with Crippen molar-refractivity contribution < 1.29 is 0 Å². The standard InChI is InChI=1S/C9H11Br2N/c1-12-3-2-7-4-8(10)6-9(11)5-7/h4-6,12H,2-3H2,1H3. The van der Waals surface area contributed by atoms with Gasteiger partial charge in [-0.1, -0.05) is 31.9 Å². The summed E-state index contributed by atoms with van der Waals surface area (Å²) in [6.07, 6.45) is 1.06. The van der Waals surface area contributed by atoms with Crippen molar-refractivity contribution in [3.63, 3.8) is 0 Å². The van der Waals surface area contributed by atoms with Gasteiger partial charge in [0, 0.05) is 8.95 Å². The van der Waals surface area contributed by atoms with Gasteiger partial charge >= 0.3 is 0 Å². The number of likely N-dealkylation sites (N-methyl/N-ethyl adjacent to an activating group) is 1. The molecule has 1 rings (SSSR count). The van der Waals surface area contributed by atoms with Crippen LogP contribution < -0.4 is 5.32 Å². The quantitative estimate of drug-likeness (QED) is 0.903. The Morgan fingerprint density at radius 1 is 1.17 bits per heavy atom. The minimum absolute atomic E-state index is 1.02. The molecule has 0 saturated carbocycles. The molecule has 0 fully saturated rings. The first-order valence-corrected chi connectivity index (χ1v) is 5.40. The largest absolute Gasteiger partial charge is 0.319 e. The molecule has 0 saturated heterocycles. The predicted octanol–water partition coefficient (Wildman–Crippen LogP) is 2.97. The molecule has 0 aliphatic carbocycles. The second kappa shape index (κ2) is 5.00. The molecule has 0 radical (unpaired) electrons. The number of benzene rings is 1. The Balaban J connectivity index is 2.72. The van der Waals surface area contributed by atoms with Crippen molar-refractivity contribution in [3.05, 3.63) is 32.7 Å². The summed E-state index contributed by atoms with van der Waals surface area (Å²) in [7, 11) is 1.97. The highest BCUT2D eigenvalue weighted by molar-refractivity contribution is 9.11. The van der Waals surface area contributed by atoms with E-state index >= 15 is 0 Å². The number of rotatable bonds is 3. The van der Waals surface area contributed by atoms with Gasteiger partial charge in [0.25, 0.3) is 0 Å². The number of nitrogens with one attached hydrogen (secondary N) is 1. The van der Waals surface area contributed by atoms with Gasteiger partial charge in [0.1, 0.15) is 0 Å². The molecule has 1 aromatic carbocycles. The van der Waals surface area contributed by atoms with Crippen LogP contribution in [0.5, 0.6) is 0 Å². The molecule has 0 amide bonds. The summed E-state index contributed by atoms with van der Waals surface area (Å²) in [6.45, 7) is 1.02. The van der Waals surface area contributed by atoms with E-state index in [2.05, 4.69) is 49.3 Å². The third-order valence-electron chi connectivity index (χ3n) is 1.59. The molecular formula is C9H11Br2N. The molecule has 1 N–H and O–H groups in total. The summed E-state index contributed by atoms with van der Waals surface area (Å²) in [5, 5.41) is 3.12. The average molecular weight is 293 g/mol. The second-order valence-electron chi connectivity index (χ2n) is 2.63. The van der Waals surface area contributed by atoms with E-state index in [9.17, 15) is 0 Å². The number of halogens is 2. The molecule has 0 unspecified atom stereocenters. The first kappa shape index (κ1) is 10.2. The SMILES string of the molecule is CNCCc1cc(Br)cc(Br)c1. The lowest BCUT2D eigenvalue weighted by atomic mass is 10.1. The maximum atomic E-state index is 3.45. The van der Waals surface area contributed by atoms with E-state index in [4.69, 9.17) is 0 Å². The van der Waals surface area contributed by atoms with Crippen molar-refractivity contribution in [2.24, 2.45) is 0 Å². The first-order chi connectivity index (χ1) is 5.72. The molecule has 0 atom stereocenters. The van der Waals surface area contributed by atoms with Gasteiger partial charge in [-0.15, -0.1) is 0 Å². The van der Waals surface area contributed by atoms with Crippen LogP contribution >= 0.6 is 31.9 Å². The zero-order chi connectivity index (χ0) is 8.97. The van der Waals surface area contributed by atoms with E-state index in [1.165, 1.54) is 5.56 Å². The van der Waals surface area contributed by atoms with E-state index in [1.54, 1.807) is 0 Å². The highest BCUT2D eigenvalue weighted by Gasteiger charge is 1.96. The van der Waals surface area contributed by atoms with Crippen LogP contribution in [0.3, 0.4) is 0 Å². The van der Waals surface area contributed by atoms with Crippen LogP contribution in [0.15, 0.2) is 27.1 Å². The fourth-order valence-corrected chi connectivity index (χ4v) is 2.41. The zero-order valence-corrected chi connectivity index (χ0v) is 10.1. The summed E-state index contributed by atoms with van der Waals surface area (Å²) in [4.78, 5) is 0. The highest BCUT2D eigenvalue weighted by Crippen LogP contribution is 2.20. The normalized spacial score (nSPS) is 10.2. The van der Waals surface area contributed by atoms with E-state index in [0.29, 0.717) is 0 Å². The molecule has 0 aromatic heterocycles. The van der Waals surface area contributed by atoms with E-state index in [0.717, 1.165) is 21.9 Å². The average Bonchev–Trinajstić information content (AvgIpc) is 1.99. The topological polar surface area (TPSA) is 12.0 Å². The molecule has 66 valence electrons. The fraction of sp³-hybridized carbons (Fsp3) is 0.333. The molecule has 1 nitrogen and oxygen atoms in total. The van der Waals surface area contributed by atoms with Gasteiger partial charge in [-0.05, 0) is 43.8 Å². The van der Waals surface area contributed by atoms with Gasteiger partial charge in [0.2, 0.25) is 0 Å². The van der Waals surface area contributed by atoms with Gasteiger partial charge < -0.3 is 5.32 Å². The monoisotopic (exact) mass is 291 g/mol. The smallest absolute Gasteiger partial charge is 0.0189 e. The van der Waals surface area contributed by atoms with Gasteiger partial charge in [-0.25, -0.2) is 0 Å². The van der Waals surface area contributed by atoms with Crippen LogP contribution in [0.1, 0.15) is 5.56 Å². The molecule has 12 heavy (non-hydrogen) atoms. The predicted molar refractivity (Wildman–Crippen MR) is 59.5 cm³/mol. The van der Waals surface area contributed by atoms with Crippen LogP contribution in [-0.4, -0.2) is 13.6 Å². The minimum Gasteiger partial charge on any atom is -0.319 e. The first-order valence-electron chi connectivity index (χ1n) is 3.82. The molecule has 1 aromatic rings. The summed E-state index contributed by atoms with van der Waals surface area (Å²) in [6, 6.07) is 6.33. The summed E-state index contributed by atoms with van der Waals surface area (Å²) in [5.41, 5.74) is 1.34. The van der Waals surface area contributed by atoms with Gasteiger partial charge in [0.15, 0.2) is 0 Å². The number of hydrogen-bond donors (Lipinski definition) is 1. The number of hydrogen-bond acceptors (Lipinski definition) is 1. The van der Waals surface area contributed by atoms with Crippen molar-refractivity contribution in [2.45, 2.75) is 6.42 Å². The lowest BCUT2D eigenvalue weighted by molar-refractivity contribution is 0.791. The molecule has 0 bridgehead atoms. The molecule has 0 spiro atoms. The van der Waals surface area contributed by atoms with Crippen molar-refractivity contribution in [1.29, 1.82) is 0 Å². The van der Waals surface area contributed by atoms with Crippen LogP contribution in [0.25, 0.3) is 0 Å². The third kappa shape index (κ3) is 3.25.